The van der Waals surface area contributed by atoms with Gasteiger partial charge >= 0.3 is 12.1 Å². The summed E-state index contributed by atoms with van der Waals surface area (Å²) in [4.78, 5) is 33.5. The van der Waals surface area contributed by atoms with Gasteiger partial charge in [0, 0.05) is 6.54 Å². The van der Waals surface area contributed by atoms with Crippen LogP contribution in [0.4, 0.5) is 4.79 Å². The van der Waals surface area contributed by atoms with Crippen molar-refractivity contribution < 1.29 is 29.3 Å². The third-order valence-electron chi connectivity index (χ3n) is 2.86. The van der Waals surface area contributed by atoms with Crippen LogP contribution in [0.5, 0.6) is 0 Å². The molecule has 8 heteroatoms. The molecular formula is C15H20N2O6. The number of amides is 2. The minimum Gasteiger partial charge on any atom is -0.480 e. The van der Waals surface area contributed by atoms with Crippen molar-refractivity contribution in [3.05, 3.63) is 35.9 Å². The second-order valence-electron chi connectivity index (χ2n) is 4.93. The predicted octanol–water partition coefficient (Wildman–Crippen LogP) is 0.253. The molecule has 1 rings (SSSR count). The van der Waals surface area contributed by atoms with Gasteiger partial charge in [0.1, 0.15) is 12.6 Å². The summed E-state index contributed by atoms with van der Waals surface area (Å²) >= 11 is 0. The molecule has 0 bridgehead atoms. The number of benzene rings is 1. The molecule has 1 aromatic rings. The quantitative estimate of drug-likeness (QED) is 0.543. The van der Waals surface area contributed by atoms with Gasteiger partial charge in [-0.15, -0.1) is 0 Å². The lowest BCUT2D eigenvalue weighted by Crippen LogP contribution is -2.41. The van der Waals surface area contributed by atoms with Crippen molar-refractivity contribution in [3.63, 3.8) is 0 Å². The number of carbonyl (C=O) groups is 3. The first kappa shape index (κ1) is 18.4. The van der Waals surface area contributed by atoms with Crippen molar-refractivity contribution in [3.8, 4) is 0 Å². The highest BCUT2D eigenvalue weighted by Crippen LogP contribution is 2.00. The lowest BCUT2D eigenvalue weighted by Gasteiger charge is -2.14. The molecule has 0 unspecified atom stereocenters. The van der Waals surface area contributed by atoms with Crippen LogP contribution in [-0.2, 0) is 20.9 Å². The van der Waals surface area contributed by atoms with Gasteiger partial charge in [-0.1, -0.05) is 30.3 Å². The molecule has 0 spiro atoms. The van der Waals surface area contributed by atoms with Crippen LogP contribution < -0.4 is 10.6 Å². The van der Waals surface area contributed by atoms with E-state index in [1.165, 1.54) is 6.92 Å². The van der Waals surface area contributed by atoms with Crippen molar-refractivity contribution >= 4 is 18.0 Å². The number of nitrogens with one attached hydrogen (secondary N) is 2. The molecule has 1 aromatic carbocycles. The highest BCUT2D eigenvalue weighted by Gasteiger charge is 2.17. The maximum Gasteiger partial charge on any atom is 0.407 e. The Hall–Kier alpha value is -2.61. The zero-order valence-electron chi connectivity index (χ0n) is 12.7. The summed E-state index contributed by atoms with van der Waals surface area (Å²) in [5, 5.41) is 22.8. The van der Waals surface area contributed by atoms with E-state index >= 15 is 0 Å². The van der Waals surface area contributed by atoms with Gasteiger partial charge in [0.2, 0.25) is 5.91 Å². The Morgan fingerprint density at radius 2 is 1.87 bits per heavy atom. The second kappa shape index (κ2) is 9.42. The van der Waals surface area contributed by atoms with E-state index in [1.54, 1.807) is 12.1 Å². The molecular weight excluding hydrogens is 304 g/mol. The Morgan fingerprint density at radius 3 is 2.48 bits per heavy atom. The minimum absolute atomic E-state index is 0.0966. The highest BCUT2D eigenvalue weighted by atomic mass is 16.5. The number of hydrogen-bond acceptors (Lipinski definition) is 5. The molecule has 8 nitrogen and oxygen atoms in total. The summed E-state index contributed by atoms with van der Waals surface area (Å²) in [5.74, 6) is -1.79. The number of ether oxygens (including phenoxy) is 1. The number of aliphatic hydroxyl groups is 1. The lowest BCUT2D eigenvalue weighted by atomic mass is 10.2. The van der Waals surface area contributed by atoms with Gasteiger partial charge in [-0.2, -0.15) is 0 Å². The maximum atomic E-state index is 11.5. The zero-order chi connectivity index (χ0) is 17.2. The predicted molar refractivity (Wildman–Crippen MR) is 80.5 cm³/mol. The summed E-state index contributed by atoms with van der Waals surface area (Å²) in [7, 11) is 0. The molecule has 0 radical (unpaired) electrons. The zero-order valence-corrected chi connectivity index (χ0v) is 12.7. The third-order valence-corrected chi connectivity index (χ3v) is 2.86. The van der Waals surface area contributed by atoms with Crippen LogP contribution in [0.25, 0.3) is 0 Å². The van der Waals surface area contributed by atoms with E-state index in [0.29, 0.717) is 0 Å². The third kappa shape index (κ3) is 7.82. The van der Waals surface area contributed by atoms with Crippen molar-refractivity contribution in [1.82, 2.24) is 10.6 Å². The lowest BCUT2D eigenvalue weighted by molar-refractivity contribution is -0.141. The van der Waals surface area contributed by atoms with Gasteiger partial charge in [-0.25, -0.2) is 4.79 Å². The van der Waals surface area contributed by atoms with E-state index in [-0.39, 0.29) is 19.6 Å². The van der Waals surface area contributed by atoms with Crippen molar-refractivity contribution in [1.29, 1.82) is 0 Å². The molecule has 0 aromatic heterocycles. The fraction of sp³-hybridized carbons (Fsp3) is 0.400. The van der Waals surface area contributed by atoms with Gasteiger partial charge in [0.05, 0.1) is 12.5 Å². The molecule has 0 fully saturated rings. The molecule has 0 saturated heterocycles. The Bertz CT molecular complexity index is 534. The van der Waals surface area contributed by atoms with Gasteiger partial charge in [0.25, 0.3) is 0 Å². The Labute approximate surface area is 133 Å². The van der Waals surface area contributed by atoms with Crippen LogP contribution >= 0.6 is 0 Å². The van der Waals surface area contributed by atoms with Crippen LogP contribution in [0.3, 0.4) is 0 Å². The van der Waals surface area contributed by atoms with E-state index in [4.69, 9.17) is 9.84 Å². The Kier molecular flexibility index (Phi) is 7.55. The van der Waals surface area contributed by atoms with E-state index in [9.17, 15) is 19.5 Å². The standard InChI is InChI=1S/C15H20N2O6/c1-10(14(20)21)17-13(19)7-12(18)8-16-15(22)23-9-11-5-3-2-4-6-11/h2-6,10,12,18H,7-9H2,1H3,(H,16,22)(H,17,19)(H,20,21)/t10-,12-/m0/s1. The Morgan fingerprint density at radius 1 is 1.22 bits per heavy atom. The van der Waals surface area contributed by atoms with Crippen LogP contribution in [0, 0.1) is 0 Å². The van der Waals surface area contributed by atoms with Crippen LogP contribution in [0.2, 0.25) is 0 Å². The van der Waals surface area contributed by atoms with E-state index in [0.717, 1.165) is 5.56 Å². The number of carbonyl (C=O) groups excluding carboxylic acids is 2. The summed E-state index contributed by atoms with van der Waals surface area (Å²) in [6.45, 7) is 1.23. The Balaban J connectivity index is 2.22. The largest absolute Gasteiger partial charge is 0.480 e. The van der Waals surface area contributed by atoms with Crippen molar-refractivity contribution in [2.75, 3.05) is 6.54 Å². The SMILES string of the molecule is C[C@H](NC(=O)C[C@H](O)CNC(=O)OCc1ccccc1)C(=O)O. The summed E-state index contributed by atoms with van der Waals surface area (Å²) in [6, 6.07) is 8.04. The molecule has 0 aliphatic carbocycles. The first-order chi connectivity index (χ1) is 10.9. The number of alkyl carbamates (subject to hydrolysis) is 1. The van der Waals surface area contributed by atoms with Crippen molar-refractivity contribution in [2.24, 2.45) is 0 Å². The summed E-state index contributed by atoms with van der Waals surface area (Å²) in [6.07, 6.45) is -2.18. The second-order valence-corrected chi connectivity index (χ2v) is 4.93. The number of aliphatic carboxylic acids is 1. The van der Waals surface area contributed by atoms with Crippen LogP contribution in [-0.4, -0.2) is 46.9 Å². The van der Waals surface area contributed by atoms with Gasteiger partial charge < -0.3 is 25.6 Å². The first-order valence-electron chi connectivity index (χ1n) is 7.03. The molecule has 4 N–H and O–H groups in total. The number of carboxylic acid groups (broad SMARTS) is 1. The molecule has 0 saturated carbocycles. The molecule has 0 aliphatic rings. The maximum absolute atomic E-state index is 11.5. The monoisotopic (exact) mass is 324 g/mol. The van der Waals surface area contributed by atoms with Gasteiger partial charge in [-0.3, -0.25) is 9.59 Å². The van der Waals surface area contributed by atoms with Gasteiger partial charge in [0.15, 0.2) is 0 Å². The van der Waals surface area contributed by atoms with Gasteiger partial charge in [-0.05, 0) is 12.5 Å². The van der Waals surface area contributed by atoms with Crippen LogP contribution in [0.1, 0.15) is 18.9 Å². The summed E-state index contributed by atoms with van der Waals surface area (Å²) < 4.78 is 4.94. The number of hydrogen-bond donors (Lipinski definition) is 4. The number of carboxylic acids is 1. The fourth-order valence-electron chi connectivity index (χ4n) is 1.62. The van der Waals surface area contributed by atoms with E-state index < -0.39 is 30.1 Å². The smallest absolute Gasteiger partial charge is 0.407 e. The molecule has 2 atom stereocenters. The first-order valence-corrected chi connectivity index (χ1v) is 7.03. The average Bonchev–Trinajstić information content (AvgIpc) is 2.51. The molecule has 23 heavy (non-hydrogen) atoms. The average molecular weight is 324 g/mol. The molecule has 2 amide bonds. The molecule has 0 aliphatic heterocycles. The number of rotatable bonds is 8. The fourth-order valence-corrected chi connectivity index (χ4v) is 1.62. The molecule has 0 heterocycles. The van der Waals surface area contributed by atoms with E-state index in [2.05, 4.69) is 10.6 Å². The molecule has 126 valence electrons. The highest BCUT2D eigenvalue weighted by molar-refractivity contribution is 5.83. The normalized spacial score (nSPS) is 12.8. The minimum atomic E-state index is -1.17. The number of aliphatic hydroxyl groups excluding tert-OH is 1. The van der Waals surface area contributed by atoms with Crippen LogP contribution in [0.15, 0.2) is 30.3 Å². The topological polar surface area (TPSA) is 125 Å². The van der Waals surface area contributed by atoms with E-state index in [1.807, 2.05) is 18.2 Å². The summed E-state index contributed by atoms with van der Waals surface area (Å²) in [5.41, 5.74) is 0.824. The van der Waals surface area contributed by atoms with Crippen molar-refractivity contribution in [2.45, 2.75) is 32.1 Å².